The Balaban J connectivity index is 1.97. The van der Waals surface area contributed by atoms with Crippen LogP contribution in [0.1, 0.15) is 18.4 Å². The first-order chi connectivity index (χ1) is 7.65. The summed E-state index contributed by atoms with van der Waals surface area (Å²) in [6.07, 6.45) is 2.39. The summed E-state index contributed by atoms with van der Waals surface area (Å²) >= 11 is 8.33. The van der Waals surface area contributed by atoms with E-state index in [4.69, 9.17) is 17.3 Å². The lowest BCUT2D eigenvalue weighted by atomic mass is 10.2. The summed E-state index contributed by atoms with van der Waals surface area (Å²) in [6, 6.07) is 6.47. The number of nitrogens with two attached hydrogens (primary N) is 1. The number of nitrogens with zero attached hydrogens (tertiary/aromatic N) is 1. The Morgan fingerprint density at radius 1 is 1.56 bits per heavy atom. The average Bonchev–Trinajstić information content (AvgIpc) is 3.00. The summed E-state index contributed by atoms with van der Waals surface area (Å²) in [6.45, 7) is 0.529. The SMILES string of the molecule is NC(=NCc1ccc(I)cc1Cl)NC1CC1. The number of rotatable bonds is 3. The van der Waals surface area contributed by atoms with Gasteiger partial charge in [-0.25, -0.2) is 4.99 Å². The Hall–Kier alpha value is -0.490. The van der Waals surface area contributed by atoms with Gasteiger partial charge in [0.05, 0.1) is 6.54 Å². The van der Waals surface area contributed by atoms with Crippen LogP contribution in [-0.2, 0) is 6.54 Å². The molecule has 0 bridgehead atoms. The average molecular weight is 350 g/mol. The van der Waals surface area contributed by atoms with Crippen LogP contribution >= 0.6 is 34.2 Å². The zero-order valence-corrected chi connectivity index (χ0v) is 11.6. The highest BCUT2D eigenvalue weighted by atomic mass is 127. The van der Waals surface area contributed by atoms with Crippen LogP contribution in [0, 0.1) is 3.57 Å². The Labute approximate surface area is 114 Å². The summed E-state index contributed by atoms with van der Waals surface area (Å²) < 4.78 is 1.12. The van der Waals surface area contributed by atoms with Crippen LogP contribution in [0.5, 0.6) is 0 Å². The van der Waals surface area contributed by atoms with E-state index in [1.165, 1.54) is 12.8 Å². The quantitative estimate of drug-likeness (QED) is 0.500. The smallest absolute Gasteiger partial charge is 0.189 e. The van der Waals surface area contributed by atoms with Crippen molar-refractivity contribution in [2.45, 2.75) is 25.4 Å². The van der Waals surface area contributed by atoms with Crippen LogP contribution < -0.4 is 11.1 Å². The minimum atomic E-state index is 0.511. The van der Waals surface area contributed by atoms with E-state index in [-0.39, 0.29) is 0 Å². The topological polar surface area (TPSA) is 50.4 Å². The number of nitrogens with one attached hydrogen (secondary N) is 1. The molecule has 86 valence electrons. The fourth-order valence-corrected chi connectivity index (χ4v) is 2.22. The van der Waals surface area contributed by atoms with Gasteiger partial charge in [-0.15, -0.1) is 0 Å². The molecule has 0 aliphatic heterocycles. The largest absolute Gasteiger partial charge is 0.370 e. The molecule has 0 aromatic heterocycles. The maximum Gasteiger partial charge on any atom is 0.189 e. The molecule has 1 aromatic carbocycles. The molecule has 0 heterocycles. The number of guanidine groups is 1. The summed E-state index contributed by atoms with van der Waals surface area (Å²) in [5.41, 5.74) is 6.74. The maximum absolute atomic E-state index is 6.10. The van der Waals surface area contributed by atoms with Crippen molar-refractivity contribution in [1.29, 1.82) is 0 Å². The molecule has 0 unspecified atom stereocenters. The fourth-order valence-electron chi connectivity index (χ4n) is 1.30. The van der Waals surface area contributed by atoms with Crippen LogP contribution in [0.2, 0.25) is 5.02 Å². The van der Waals surface area contributed by atoms with E-state index in [1.54, 1.807) is 0 Å². The van der Waals surface area contributed by atoms with Gasteiger partial charge in [0.15, 0.2) is 5.96 Å². The van der Waals surface area contributed by atoms with Gasteiger partial charge in [-0.2, -0.15) is 0 Å². The van der Waals surface area contributed by atoms with Gasteiger partial charge >= 0.3 is 0 Å². The molecule has 0 radical (unpaired) electrons. The molecule has 3 N–H and O–H groups in total. The minimum absolute atomic E-state index is 0.511. The highest BCUT2D eigenvalue weighted by molar-refractivity contribution is 14.1. The van der Waals surface area contributed by atoms with Crippen molar-refractivity contribution in [1.82, 2.24) is 5.32 Å². The Morgan fingerprint density at radius 3 is 2.94 bits per heavy atom. The molecule has 0 saturated heterocycles. The lowest BCUT2D eigenvalue weighted by Crippen LogP contribution is -2.33. The third-order valence-corrected chi connectivity index (χ3v) is 3.39. The number of hydrogen-bond acceptors (Lipinski definition) is 1. The van der Waals surface area contributed by atoms with E-state index in [2.05, 4.69) is 32.9 Å². The molecular formula is C11H13ClIN3. The highest BCUT2D eigenvalue weighted by Crippen LogP contribution is 2.20. The van der Waals surface area contributed by atoms with Crippen molar-refractivity contribution in [3.63, 3.8) is 0 Å². The second-order valence-electron chi connectivity index (χ2n) is 3.86. The van der Waals surface area contributed by atoms with E-state index in [1.807, 2.05) is 18.2 Å². The maximum atomic E-state index is 6.10. The van der Waals surface area contributed by atoms with Crippen LogP contribution in [0.15, 0.2) is 23.2 Å². The molecule has 5 heteroatoms. The second kappa shape index (κ2) is 5.23. The second-order valence-corrected chi connectivity index (χ2v) is 5.51. The lowest BCUT2D eigenvalue weighted by molar-refractivity contribution is 0.879. The Kier molecular flexibility index (Phi) is 3.91. The van der Waals surface area contributed by atoms with Gasteiger partial charge in [0.25, 0.3) is 0 Å². The number of hydrogen-bond donors (Lipinski definition) is 2. The van der Waals surface area contributed by atoms with Gasteiger partial charge in [-0.05, 0) is 53.1 Å². The summed E-state index contributed by atoms with van der Waals surface area (Å²) in [7, 11) is 0. The van der Waals surface area contributed by atoms with Gasteiger partial charge in [-0.1, -0.05) is 17.7 Å². The van der Waals surface area contributed by atoms with Crippen molar-refractivity contribution in [3.8, 4) is 0 Å². The van der Waals surface area contributed by atoms with Crippen molar-refractivity contribution >= 4 is 40.2 Å². The molecule has 0 atom stereocenters. The number of aliphatic imine (C=N–C) groups is 1. The third-order valence-electron chi connectivity index (χ3n) is 2.36. The Bertz CT molecular complexity index is 416. The fraction of sp³-hybridized carbons (Fsp3) is 0.364. The summed E-state index contributed by atoms with van der Waals surface area (Å²) in [5, 5.41) is 3.88. The lowest BCUT2D eigenvalue weighted by Gasteiger charge is -2.04. The van der Waals surface area contributed by atoms with Gasteiger partial charge < -0.3 is 11.1 Å². The molecule has 1 aliphatic rings. The van der Waals surface area contributed by atoms with E-state index in [9.17, 15) is 0 Å². The Morgan fingerprint density at radius 2 is 2.31 bits per heavy atom. The molecule has 16 heavy (non-hydrogen) atoms. The first-order valence-electron chi connectivity index (χ1n) is 5.15. The van der Waals surface area contributed by atoms with E-state index in [0.717, 1.165) is 14.2 Å². The van der Waals surface area contributed by atoms with Crippen molar-refractivity contribution < 1.29 is 0 Å². The first kappa shape index (κ1) is 12.0. The van der Waals surface area contributed by atoms with Crippen molar-refractivity contribution in [2.24, 2.45) is 10.7 Å². The van der Waals surface area contributed by atoms with E-state index >= 15 is 0 Å². The van der Waals surface area contributed by atoms with Crippen molar-refractivity contribution in [3.05, 3.63) is 32.4 Å². The van der Waals surface area contributed by atoms with Crippen LogP contribution in [0.25, 0.3) is 0 Å². The van der Waals surface area contributed by atoms with Crippen LogP contribution in [-0.4, -0.2) is 12.0 Å². The molecule has 1 fully saturated rings. The number of halogens is 2. The van der Waals surface area contributed by atoms with E-state index in [0.29, 0.717) is 18.5 Å². The zero-order valence-electron chi connectivity index (χ0n) is 8.71. The molecule has 0 amide bonds. The molecule has 2 rings (SSSR count). The molecule has 0 spiro atoms. The van der Waals surface area contributed by atoms with Crippen LogP contribution in [0.4, 0.5) is 0 Å². The first-order valence-corrected chi connectivity index (χ1v) is 6.61. The van der Waals surface area contributed by atoms with Gasteiger partial charge in [-0.3, -0.25) is 0 Å². The van der Waals surface area contributed by atoms with Crippen molar-refractivity contribution in [2.75, 3.05) is 0 Å². The molecule has 1 aliphatic carbocycles. The van der Waals surface area contributed by atoms with Gasteiger partial charge in [0, 0.05) is 14.6 Å². The summed E-state index contributed by atoms with van der Waals surface area (Å²) in [4.78, 5) is 4.26. The predicted octanol–water partition coefficient (Wildman–Crippen LogP) is 2.51. The molecular weight excluding hydrogens is 336 g/mol. The number of benzene rings is 1. The minimum Gasteiger partial charge on any atom is -0.370 e. The predicted molar refractivity (Wildman–Crippen MR) is 75.7 cm³/mol. The molecule has 1 saturated carbocycles. The third kappa shape index (κ3) is 3.52. The molecule has 1 aromatic rings. The molecule has 3 nitrogen and oxygen atoms in total. The normalized spacial score (nSPS) is 16.2. The van der Waals surface area contributed by atoms with Gasteiger partial charge in [0.1, 0.15) is 0 Å². The zero-order chi connectivity index (χ0) is 11.5. The monoisotopic (exact) mass is 349 g/mol. The van der Waals surface area contributed by atoms with Gasteiger partial charge in [0.2, 0.25) is 0 Å². The van der Waals surface area contributed by atoms with Crippen LogP contribution in [0.3, 0.4) is 0 Å². The van der Waals surface area contributed by atoms with E-state index < -0.39 is 0 Å². The standard InChI is InChI=1S/C11H13ClIN3/c12-10-5-8(13)2-1-7(10)6-15-11(14)16-9-3-4-9/h1-2,5,9H,3-4,6H2,(H3,14,15,16). The highest BCUT2D eigenvalue weighted by Gasteiger charge is 2.21. The summed E-state index contributed by atoms with van der Waals surface area (Å²) in [5.74, 6) is 0.511.